The number of benzene rings is 2. The van der Waals surface area contributed by atoms with Crippen molar-refractivity contribution in [3.63, 3.8) is 0 Å². The minimum absolute atomic E-state index is 0.0133. The molecule has 2 aromatic carbocycles. The van der Waals surface area contributed by atoms with Gasteiger partial charge in [-0.1, -0.05) is 29.4 Å². The van der Waals surface area contributed by atoms with Gasteiger partial charge in [0.15, 0.2) is 0 Å². The Bertz CT molecular complexity index is 1200. The number of pyridine rings is 1. The fraction of sp³-hybridized carbons (Fsp3) is 0.160. The summed E-state index contributed by atoms with van der Waals surface area (Å²) in [6.45, 7) is -0.0133. The number of allylic oxidation sites excluding steroid dienone is 1. The van der Waals surface area contributed by atoms with Gasteiger partial charge < -0.3 is 16.5 Å². The summed E-state index contributed by atoms with van der Waals surface area (Å²) in [7, 11) is 0. The van der Waals surface area contributed by atoms with Gasteiger partial charge in [0.05, 0.1) is 17.8 Å². The minimum atomic E-state index is -0.767. The first-order valence-electron chi connectivity index (χ1n) is 10.5. The van der Waals surface area contributed by atoms with Gasteiger partial charge in [0.1, 0.15) is 11.6 Å². The lowest BCUT2D eigenvalue weighted by atomic mass is 9.98. The molecule has 3 rings (SSSR count). The summed E-state index contributed by atoms with van der Waals surface area (Å²) >= 11 is 0. The number of carbonyl (C=O) groups excluding carboxylic acids is 1. The highest BCUT2D eigenvalue weighted by Gasteiger charge is 2.21. The lowest BCUT2D eigenvalue weighted by Gasteiger charge is -2.19. The van der Waals surface area contributed by atoms with Crippen molar-refractivity contribution in [1.29, 1.82) is 5.41 Å². The first kappa shape index (κ1) is 24.4. The van der Waals surface area contributed by atoms with Crippen molar-refractivity contribution >= 4 is 17.3 Å². The van der Waals surface area contributed by atoms with Crippen LogP contribution >= 0.6 is 0 Å². The van der Waals surface area contributed by atoms with Gasteiger partial charge in [-0.15, -0.1) is 0 Å². The largest absolute Gasteiger partial charge is 0.398 e. The zero-order chi connectivity index (χ0) is 24.5. The maximum absolute atomic E-state index is 14.7. The number of halogens is 2. The monoisotopic (exact) mass is 463 g/mol. The second kappa shape index (κ2) is 11.6. The van der Waals surface area contributed by atoms with E-state index in [1.807, 2.05) is 6.07 Å². The number of hydrogen-bond donors (Lipinski definition) is 3. The molecule has 0 fully saturated rings. The van der Waals surface area contributed by atoms with Crippen LogP contribution in [0.15, 0.2) is 78.1 Å². The molecule has 0 aliphatic rings. The molecule has 0 spiro atoms. The van der Waals surface area contributed by atoms with E-state index in [-0.39, 0.29) is 35.5 Å². The van der Waals surface area contributed by atoms with Crippen LogP contribution in [0.5, 0.6) is 0 Å². The van der Waals surface area contributed by atoms with Crippen LogP contribution < -0.4 is 11.1 Å². The molecule has 0 aliphatic heterocycles. The minimum Gasteiger partial charge on any atom is -0.398 e. The highest BCUT2D eigenvalue weighted by atomic mass is 19.1. The Kier molecular flexibility index (Phi) is 8.28. The van der Waals surface area contributed by atoms with Crippen LogP contribution in [-0.2, 0) is 6.42 Å². The third-order valence-corrected chi connectivity index (χ3v) is 5.09. The SMILES string of the molecule is N=C(/C=C(\N)c1ccc(F)cc1)c1c(F)cccc1C(=O)N[C@H](CCN=O)Cc1ccccn1. The molecule has 1 amide bonds. The van der Waals surface area contributed by atoms with Gasteiger partial charge in [-0.25, -0.2) is 8.78 Å². The third kappa shape index (κ3) is 6.38. The van der Waals surface area contributed by atoms with Crippen LogP contribution in [-0.4, -0.2) is 29.2 Å². The molecule has 1 atom stereocenters. The normalized spacial score (nSPS) is 12.1. The van der Waals surface area contributed by atoms with Crippen molar-refractivity contribution in [3.05, 3.63) is 112 Å². The number of nitrogens with one attached hydrogen (secondary N) is 2. The summed E-state index contributed by atoms with van der Waals surface area (Å²) in [4.78, 5) is 28.0. The van der Waals surface area contributed by atoms with E-state index in [2.05, 4.69) is 15.5 Å². The van der Waals surface area contributed by atoms with Gasteiger partial charge >= 0.3 is 0 Å². The molecule has 1 heterocycles. The molecule has 0 unspecified atom stereocenters. The summed E-state index contributed by atoms with van der Waals surface area (Å²) in [5, 5.41) is 14.0. The zero-order valence-electron chi connectivity index (χ0n) is 18.2. The number of aromatic nitrogens is 1. The van der Waals surface area contributed by atoms with E-state index in [0.29, 0.717) is 17.7 Å². The maximum atomic E-state index is 14.7. The van der Waals surface area contributed by atoms with Gasteiger partial charge in [0, 0.05) is 35.6 Å². The molecular formula is C25H23F2N5O2. The maximum Gasteiger partial charge on any atom is 0.252 e. The van der Waals surface area contributed by atoms with Crippen molar-refractivity contribution in [3.8, 4) is 0 Å². The first-order valence-corrected chi connectivity index (χ1v) is 10.5. The predicted molar refractivity (Wildman–Crippen MR) is 126 cm³/mol. The van der Waals surface area contributed by atoms with E-state index in [4.69, 9.17) is 11.1 Å². The van der Waals surface area contributed by atoms with Gasteiger partial charge in [-0.05, 0) is 54.5 Å². The molecule has 3 aromatic rings. The average molecular weight is 463 g/mol. The molecule has 0 saturated carbocycles. The summed E-state index contributed by atoms with van der Waals surface area (Å²) in [6, 6.07) is 14.1. The smallest absolute Gasteiger partial charge is 0.252 e. The van der Waals surface area contributed by atoms with Crippen molar-refractivity contribution < 1.29 is 13.6 Å². The number of nitrogens with zero attached hydrogens (tertiary/aromatic N) is 2. The Morgan fingerprint density at radius 2 is 1.88 bits per heavy atom. The molecule has 0 radical (unpaired) electrons. The number of nitroso groups, excluding NO2 is 1. The number of carbonyl (C=O) groups is 1. The second-order valence-corrected chi connectivity index (χ2v) is 7.52. The Hall–Kier alpha value is -4.27. The second-order valence-electron chi connectivity index (χ2n) is 7.52. The van der Waals surface area contributed by atoms with E-state index in [1.54, 1.807) is 18.3 Å². The van der Waals surface area contributed by atoms with Crippen LogP contribution in [0, 0.1) is 22.0 Å². The molecular weight excluding hydrogens is 440 g/mol. The van der Waals surface area contributed by atoms with E-state index >= 15 is 0 Å². The topological polar surface area (TPSA) is 121 Å². The Morgan fingerprint density at radius 1 is 1.12 bits per heavy atom. The molecule has 9 heteroatoms. The van der Waals surface area contributed by atoms with E-state index in [0.717, 1.165) is 6.07 Å². The third-order valence-electron chi connectivity index (χ3n) is 5.09. The highest BCUT2D eigenvalue weighted by Crippen LogP contribution is 2.18. The lowest BCUT2D eigenvalue weighted by Crippen LogP contribution is -2.38. The molecule has 1 aromatic heterocycles. The number of nitrogens with two attached hydrogens (primary N) is 1. The van der Waals surface area contributed by atoms with E-state index in [1.165, 1.54) is 42.5 Å². The summed E-state index contributed by atoms with van der Waals surface area (Å²) in [5.74, 6) is -1.82. The standard InChI is InChI=1S/C25H23F2N5O2/c26-17-9-7-16(8-10-17)22(28)15-23(29)24-20(5-3-6-21(24)27)25(33)32-19(11-13-31-34)14-18-4-1-2-12-30-18/h1-10,12,15,19,29H,11,13-14,28H2,(H,32,33)/b22-15-,29-23?/t19-/m1/s1. The lowest BCUT2D eigenvalue weighted by molar-refractivity contribution is 0.0934. The highest BCUT2D eigenvalue weighted by molar-refractivity contribution is 6.16. The van der Waals surface area contributed by atoms with Crippen molar-refractivity contribution in [2.45, 2.75) is 18.9 Å². The van der Waals surface area contributed by atoms with E-state index in [9.17, 15) is 18.5 Å². The predicted octanol–water partition coefficient (Wildman–Crippen LogP) is 4.23. The number of rotatable bonds is 10. The van der Waals surface area contributed by atoms with E-state index < -0.39 is 23.6 Å². The molecule has 0 bridgehead atoms. The quantitative estimate of drug-likeness (QED) is 0.308. The van der Waals surface area contributed by atoms with Gasteiger partial charge in [0.2, 0.25) is 0 Å². The van der Waals surface area contributed by atoms with Gasteiger partial charge in [0.25, 0.3) is 5.91 Å². The first-order chi connectivity index (χ1) is 16.4. The number of amides is 1. The van der Waals surface area contributed by atoms with Gasteiger partial charge in [-0.2, -0.15) is 4.91 Å². The number of hydrogen-bond acceptors (Lipinski definition) is 6. The Labute approximate surface area is 195 Å². The van der Waals surface area contributed by atoms with Crippen LogP contribution in [0.2, 0.25) is 0 Å². The fourth-order valence-corrected chi connectivity index (χ4v) is 3.41. The van der Waals surface area contributed by atoms with Crippen LogP contribution in [0.25, 0.3) is 5.70 Å². The molecule has 174 valence electrons. The fourth-order valence-electron chi connectivity index (χ4n) is 3.41. The molecule has 0 aliphatic carbocycles. The van der Waals surface area contributed by atoms with Crippen molar-refractivity contribution in [1.82, 2.24) is 10.3 Å². The Morgan fingerprint density at radius 3 is 2.56 bits per heavy atom. The van der Waals surface area contributed by atoms with Gasteiger partial charge in [-0.3, -0.25) is 9.78 Å². The van der Waals surface area contributed by atoms with Crippen LogP contribution in [0.1, 0.15) is 33.6 Å². The Balaban J connectivity index is 1.86. The van der Waals surface area contributed by atoms with Crippen molar-refractivity contribution in [2.24, 2.45) is 10.9 Å². The summed E-state index contributed by atoms with van der Waals surface area (Å²) in [6.07, 6.45) is 3.45. The molecule has 0 saturated heterocycles. The molecule has 4 N–H and O–H groups in total. The van der Waals surface area contributed by atoms with Crippen LogP contribution in [0.3, 0.4) is 0 Å². The van der Waals surface area contributed by atoms with Crippen molar-refractivity contribution in [2.75, 3.05) is 6.54 Å². The average Bonchev–Trinajstić information content (AvgIpc) is 2.83. The zero-order valence-corrected chi connectivity index (χ0v) is 18.2. The summed E-state index contributed by atoms with van der Waals surface area (Å²) in [5.41, 5.74) is 6.68. The summed E-state index contributed by atoms with van der Waals surface area (Å²) < 4.78 is 27.9. The van der Waals surface area contributed by atoms with Crippen LogP contribution in [0.4, 0.5) is 8.78 Å². The molecule has 7 nitrogen and oxygen atoms in total. The molecule has 34 heavy (non-hydrogen) atoms.